The van der Waals surface area contributed by atoms with Crippen LogP contribution in [0, 0.1) is 0 Å². The summed E-state index contributed by atoms with van der Waals surface area (Å²) in [5, 5.41) is 16.5. The van der Waals surface area contributed by atoms with Crippen molar-refractivity contribution in [3.05, 3.63) is 35.9 Å². The first-order valence-corrected chi connectivity index (χ1v) is 8.97. The van der Waals surface area contributed by atoms with Crippen LogP contribution in [0.5, 0.6) is 0 Å². The highest BCUT2D eigenvalue weighted by molar-refractivity contribution is 5.80. The van der Waals surface area contributed by atoms with Crippen molar-refractivity contribution in [3.8, 4) is 0 Å². The van der Waals surface area contributed by atoms with Crippen LogP contribution in [0.4, 0.5) is 0 Å². The first kappa shape index (κ1) is 17.8. The number of guanidine groups is 1. The van der Waals surface area contributed by atoms with E-state index in [4.69, 9.17) is 4.99 Å². The minimum absolute atomic E-state index is 0.112. The van der Waals surface area contributed by atoms with Gasteiger partial charge in [-0.25, -0.2) is 0 Å². The number of hydrogen-bond acceptors (Lipinski definition) is 2. The second-order valence-corrected chi connectivity index (χ2v) is 6.51. The molecule has 1 aliphatic rings. The van der Waals surface area contributed by atoms with E-state index in [0.29, 0.717) is 12.0 Å². The molecule has 0 saturated heterocycles. The van der Waals surface area contributed by atoms with Crippen LogP contribution < -0.4 is 10.6 Å². The van der Waals surface area contributed by atoms with Crippen molar-refractivity contribution in [2.24, 2.45) is 4.99 Å². The van der Waals surface area contributed by atoms with Gasteiger partial charge in [-0.15, -0.1) is 0 Å². The van der Waals surface area contributed by atoms with Crippen LogP contribution in [0.3, 0.4) is 0 Å². The molecule has 1 atom stereocenters. The van der Waals surface area contributed by atoms with E-state index in [9.17, 15) is 5.11 Å². The summed E-state index contributed by atoms with van der Waals surface area (Å²) in [6.07, 6.45) is 4.76. The van der Waals surface area contributed by atoms with Gasteiger partial charge in [-0.2, -0.15) is 0 Å². The molecule has 0 aliphatic heterocycles. The molecule has 0 aromatic heterocycles. The predicted molar refractivity (Wildman–Crippen MR) is 96.9 cm³/mol. The quantitative estimate of drug-likeness (QED) is 0.558. The molecule has 4 nitrogen and oxygen atoms in total. The van der Waals surface area contributed by atoms with Gasteiger partial charge in [0.25, 0.3) is 0 Å². The van der Waals surface area contributed by atoms with Gasteiger partial charge in [-0.1, -0.05) is 37.3 Å². The lowest BCUT2D eigenvalue weighted by Crippen LogP contribution is -2.45. The van der Waals surface area contributed by atoms with E-state index >= 15 is 0 Å². The highest BCUT2D eigenvalue weighted by Gasteiger charge is 2.19. The molecule has 128 valence electrons. The average molecular weight is 317 g/mol. The second kappa shape index (κ2) is 9.56. The Labute approximate surface area is 140 Å². The summed E-state index contributed by atoms with van der Waals surface area (Å²) in [6, 6.07) is 11.1. The first-order chi connectivity index (χ1) is 11.2. The minimum atomic E-state index is -0.112. The summed E-state index contributed by atoms with van der Waals surface area (Å²) < 4.78 is 0. The van der Waals surface area contributed by atoms with E-state index < -0.39 is 0 Å². The van der Waals surface area contributed by atoms with Crippen molar-refractivity contribution in [1.82, 2.24) is 10.6 Å². The molecule has 23 heavy (non-hydrogen) atoms. The SMILES string of the molecule is CCNC(=NCCC(C)c1ccccc1)NC1CCC(O)CC1. The third-order valence-corrected chi connectivity index (χ3v) is 4.58. The number of aliphatic hydroxyl groups excluding tert-OH is 1. The maximum Gasteiger partial charge on any atom is 0.191 e. The third-order valence-electron chi connectivity index (χ3n) is 4.58. The van der Waals surface area contributed by atoms with Gasteiger partial charge in [-0.3, -0.25) is 4.99 Å². The van der Waals surface area contributed by atoms with E-state index in [0.717, 1.165) is 51.2 Å². The topological polar surface area (TPSA) is 56.7 Å². The summed E-state index contributed by atoms with van der Waals surface area (Å²) in [6.45, 7) is 6.04. The van der Waals surface area contributed by atoms with Crippen molar-refractivity contribution < 1.29 is 5.11 Å². The van der Waals surface area contributed by atoms with Crippen LogP contribution in [-0.2, 0) is 0 Å². The Balaban J connectivity index is 1.81. The number of aliphatic imine (C=N–C) groups is 1. The fourth-order valence-electron chi connectivity index (χ4n) is 3.05. The van der Waals surface area contributed by atoms with Crippen molar-refractivity contribution >= 4 is 5.96 Å². The zero-order chi connectivity index (χ0) is 16.5. The molecule has 4 heteroatoms. The number of benzene rings is 1. The summed E-state index contributed by atoms with van der Waals surface area (Å²) in [5.41, 5.74) is 1.38. The lowest BCUT2D eigenvalue weighted by atomic mass is 9.93. The van der Waals surface area contributed by atoms with Crippen LogP contribution in [0.15, 0.2) is 35.3 Å². The number of nitrogens with zero attached hydrogens (tertiary/aromatic N) is 1. The zero-order valence-electron chi connectivity index (χ0n) is 14.5. The fourth-order valence-corrected chi connectivity index (χ4v) is 3.05. The highest BCUT2D eigenvalue weighted by atomic mass is 16.3. The zero-order valence-corrected chi connectivity index (χ0v) is 14.5. The van der Waals surface area contributed by atoms with E-state index in [2.05, 4.69) is 54.8 Å². The Kier molecular flexibility index (Phi) is 7.40. The van der Waals surface area contributed by atoms with Gasteiger partial charge < -0.3 is 15.7 Å². The summed E-state index contributed by atoms with van der Waals surface area (Å²) in [4.78, 5) is 4.72. The monoisotopic (exact) mass is 317 g/mol. The van der Waals surface area contributed by atoms with Crippen LogP contribution in [0.1, 0.15) is 57.4 Å². The fraction of sp³-hybridized carbons (Fsp3) is 0.632. The van der Waals surface area contributed by atoms with Gasteiger partial charge in [0, 0.05) is 19.1 Å². The standard InChI is InChI=1S/C19H31N3O/c1-3-20-19(22-17-9-11-18(23)12-10-17)21-14-13-15(2)16-7-5-4-6-8-16/h4-8,15,17-18,23H,3,9-14H2,1-2H3,(H2,20,21,22). The molecule has 1 aromatic rings. The third kappa shape index (κ3) is 6.22. The predicted octanol–water partition coefficient (Wildman–Crippen LogP) is 3.04. The van der Waals surface area contributed by atoms with Crippen molar-refractivity contribution in [1.29, 1.82) is 0 Å². The lowest BCUT2D eigenvalue weighted by Gasteiger charge is -2.27. The van der Waals surface area contributed by atoms with Crippen LogP contribution in [0.2, 0.25) is 0 Å². The molecule has 1 aromatic carbocycles. The Bertz CT molecular complexity index is 467. The Morgan fingerprint density at radius 3 is 2.57 bits per heavy atom. The molecular formula is C19H31N3O. The van der Waals surface area contributed by atoms with Gasteiger partial charge in [0.1, 0.15) is 0 Å². The molecule has 0 amide bonds. The molecule has 1 unspecified atom stereocenters. The van der Waals surface area contributed by atoms with Gasteiger partial charge in [-0.05, 0) is 50.5 Å². The number of aliphatic hydroxyl groups is 1. The van der Waals surface area contributed by atoms with E-state index in [1.807, 2.05) is 0 Å². The van der Waals surface area contributed by atoms with Gasteiger partial charge in [0.15, 0.2) is 5.96 Å². The minimum Gasteiger partial charge on any atom is -0.393 e. The Hall–Kier alpha value is -1.55. The molecule has 0 heterocycles. The Morgan fingerprint density at radius 1 is 1.22 bits per heavy atom. The number of rotatable bonds is 6. The van der Waals surface area contributed by atoms with Crippen LogP contribution in [-0.4, -0.2) is 36.3 Å². The molecule has 1 fully saturated rings. The lowest BCUT2D eigenvalue weighted by molar-refractivity contribution is 0.120. The van der Waals surface area contributed by atoms with E-state index in [1.54, 1.807) is 0 Å². The number of nitrogens with one attached hydrogen (secondary N) is 2. The second-order valence-electron chi connectivity index (χ2n) is 6.51. The summed E-state index contributed by atoms with van der Waals surface area (Å²) >= 11 is 0. The van der Waals surface area contributed by atoms with Gasteiger partial charge in [0.2, 0.25) is 0 Å². The molecule has 0 spiro atoms. The van der Waals surface area contributed by atoms with Crippen molar-refractivity contribution in [3.63, 3.8) is 0 Å². The Morgan fingerprint density at radius 2 is 1.91 bits per heavy atom. The molecule has 1 saturated carbocycles. The van der Waals surface area contributed by atoms with Gasteiger partial charge in [0.05, 0.1) is 6.10 Å². The van der Waals surface area contributed by atoms with Crippen LogP contribution >= 0.6 is 0 Å². The number of hydrogen-bond donors (Lipinski definition) is 3. The maximum atomic E-state index is 9.60. The van der Waals surface area contributed by atoms with Crippen LogP contribution in [0.25, 0.3) is 0 Å². The normalized spacial score (nSPS) is 23.3. The van der Waals surface area contributed by atoms with Crippen molar-refractivity contribution in [2.75, 3.05) is 13.1 Å². The smallest absolute Gasteiger partial charge is 0.191 e. The summed E-state index contributed by atoms with van der Waals surface area (Å²) in [5.74, 6) is 1.43. The molecule has 0 bridgehead atoms. The molecule has 3 N–H and O–H groups in total. The van der Waals surface area contributed by atoms with Gasteiger partial charge >= 0.3 is 0 Å². The average Bonchev–Trinajstić information content (AvgIpc) is 2.58. The van der Waals surface area contributed by atoms with Crippen molar-refractivity contribution in [2.45, 2.75) is 64.0 Å². The maximum absolute atomic E-state index is 9.60. The van der Waals surface area contributed by atoms with E-state index in [-0.39, 0.29) is 6.10 Å². The highest BCUT2D eigenvalue weighted by Crippen LogP contribution is 2.19. The largest absolute Gasteiger partial charge is 0.393 e. The van der Waals surface area contributed by atoms with E-state index in [1.165, 1.54) is 5.56 Å². The molecular weight excluding hydrogens is 286 g/mol. The molecule has 1 aliphatic carbocycles. The first-order valence-electron chi connectivity index (χ1n) is 8.97. The molecule has 0 radical (unpaired) electrons. The summed E-state index contributed by atoms with van der Waals surface area (Å²) in [7, 11) is 0. The molecule has 2 rings (SSSR count).